The average molecular weight is 1070 g/mol. The predicted molar refractivity (Wildman–Crippen MR) is 278 cm³/mol. The molecule has 0 saturated carbocycles. The molecule has 4 amide bonds. The number of nitrogens with zero attached hydrogens (tertiary/aromatic N) is 5. The summed E-state index contributed by atoms with van der Waals surface area (Å²) in [6.45, 7) is 10.4. The molecule has 4 heterocycles. The van der Waals surface area contributed by atoms with Gasteiger partial charge in [0.1, 0.15) is 42.7 Å². The van der Waals surface area contributed by atoms with E-state index in [1.807, 2.05) is 74.5 Å². The third-order valence-corrected chi connectivity index (χ3v) is 13.6. The van der Waals surface area contributed by atoms with Crippen molar-refractivity contribution in [2.75, 3.05) is 88.6 Å². The van der Waals surface area contributed by atoms with Gasteiger partial charge in [0.15, 0.2) is 11.6 Å². The van der Waals surface area contributed by atoms with Crippen LogP contribution in [0.1, 0.15) is 30.5 Å². The molecule has 4 aliphatic rings. The second-order valence-electron chi connectivity index (χ2n) is 17.5. The van der Waals surface area contributed by atoms with Gasteiger partial charge in [0, 0.05) is 84.9 Å². The van der Waals surface area contributed by atoms with Gasteiger partial charge in [-0.3, -0.25) is 5.43 Å². The number of anilines is 2. The molecular formula is C51H56Cl4N8O9. The zero-order valence-corrected chi connectivity index (χ0v) is 42.7. The number of urea groups is 2. The summed E-state index contributed by atoms with van der Waals surface area (Å²) < 4.78 is 36.0. The predicted octanol–water partition coefficient (Wildman–Crippen LogP) is 8.60. The topological polar surface area (TPSA) is 185 Å². The fourth-order valence-electron chi connectivity index (χ4n) is 8.54. The second kappa shape index (κ2) is 23.9. The molecule has 0 radical (unpaired) electrons. The lowest BCUT2D eigenvalue weighted by Crippen LogP contribution is -2.53. The van der Waals surface area contributed by atoms with E-state index in [-0.39, 0.29) is 30.0 Å². The summed E-state index contributed by atoms with van der Waals surface area (Å²) in [6, 6.07) is 32.3. The van der Waals surface area contributed by atoms with Gasteiger partial charge in [-0.15, -0.1) is 0 Å². The fraction of sp³-hybridized carbons (Fsp3) is 0.353. The number of carbonyl (C=O) groups excluding carboxylic acids is 2. The number of phenols is 1. The molecule has 4 fully saturated rings. The van der Waals surface area contributed by atoms with Crippen molar-refractivity contribution in [1.82, 2.24) is 20.7 Å². The summed E-state index contributed by atoms with van der Waals surface area (Å²) in [4.78, 5) is 31.9. The molecule has 4 atom stereocenters. The summed E-state index contributed by atoms with van der Waals surface area (Å²) in [5.74, 6) is 4.96. The Labute approximate surface area is 438 Å². The number of nitrogens with two attached hydrogens (primary N) is 1. The fourth-order valence-corrected chi connectivity index (χ4v) is 9.70. The first-order valence-corrected chi connectivity index (χ1v) is 24.8. The van der Waals surface area contributed by atoms with Gasteiger partial charge in [-0.05, 0) is 116 Å². The van der Waals surface area contributed by atoms with E-state index in [0.717, 1.165) is 52.7 Å². The third kappa shape index (κ3) is 13.5. The Morgan fingerprint density at radius 2 is 1.08 bits per heavy atom. The van der Waals surface area contributed by atoms with E-state index in [1.54, 1.807) is 58.3 Å². The van der Waals surface area contributed by atoms with E-state index in [9.17, 15) is 14.7 Å². The number of carbonyl (C=O) groups is 2. The molecule has 0 aliphatic carbocycles. The van der Waals surface area contributed by atoms with Crippen LogP contribution in [0.5, 0.6) is 17.2 Å². The number of rotatable bonds is 12. The molecule has 0 bridgehead atoms. The maximum absolute atomic E-state index is 12.5. The molecule has 382 valence electrons. The summed E-state index contributed by atoms with van der Waals surface area (Å²) in [5.41, 5.74) is 9.11. The molecule has 2 unspecified atom stereocenters. The summed E-state index contributed by atoms with van der Waals surface area (Å²) in [5, 5.41) is 15.5. The number of hydrazone groups is 1. The minimum Gasteiger partial charge on any atom is -0.508 e. The standard InChI is InChI=1S/C29H30Cl2N4O5.C22H26Cl2N4O4/c1-29(26-11-4-21(30)16-27(26)31)39-19-25(40-29)18-38-24-9-5-22(6-10-24)34-12-14-35(15-13-34)28(37)33-32-17-20-2-7-23(36)8-3-20;1-22(19-7-2-15(23)12-20(19)24)31-14-18(32-22)13-30-17-5-3-16(4-6-17)27-8-10-28(11-9-27)21(29)26-25/h2-11,16-17,25,36H,12-15,18-19H2,1H3,(H,33,37);2-7,12,18H,8-11,13-14,25H2,1H3,(H,26,29)/b32-17+;/t25?,29-;18?,22-/m00/s1. The Kier molecular flexibility index (Phi) is 17.4. The monoisotopic (exact) mass is 1060 g/mol. The van der Waals surface area contributed by atoms with Gasteiger partial charge in [0.05, 0.1) is 29.5 Å². The molecule has 5 aromatic rings. The Morgan fingerprint density at radius 1 is 0.653 bits per heavy atom. The van der Waals surface area contributed by atoms with Crippen molar-refractivity contribution in [3.63, 3.8) is 0 Å². The van der Waals surface area contributed by atoms with Gasteiger partial charge in [-0.2, -0.15) is 5.10 Å². The van der Waals surface area contributed by atoms with Crippen molar-refractivity contribution in [3.05, 3.63) is 146 Å². The highest BCUT2D eigenvalue weighted by Crippen LogP contribution is 2.40. The number of piperazine rings is 2. The van der Waals surface area contributed by atoms with Crippen molar-refractivity contribution in [2.45, 2.75) is 37.6 Å². The van der Waals surface area contributed by atoms with Crippen molar-refractivity contribution < 1.29 is 43.1 Å². The van der Waals surface area contributed by atoms with Gasteiger partial charge in [0.25, 0.3) is 0 Å². The van der Waals surface area contributed by atoms with Crippen LogP contribution in [0.4, 0.5) is 21.0 Å². The van der Waals surface area contributed by atoms with Crippen LogP contribution in [0.25, 0.3) is 0 Å². The Hall–Kier alpha value is -5.73. The highest BCUT2D eigenvalue weighted by atomic mass is 35.5. The van der Waals surface area contributed by atoms with Gasteiger partial charge >= 0.3 is 12.1 Å². The lowest BCUT2D eigenvalue weighted by atomic mass is 10.1. The lowest BCUT2D eigenvalue weighted by Gasteiger charge is -2.35. The van der Waals surface area contributed by atoms with E-state index in [1.165, 1.54) is 6.21 Å². The number of phenolic OH excluding ortho intramolecular Hbond substituents is 1. The first-order chi connectivity index (χ1) is 34.7. The number of amides is 4. The molecule has 17 nitrogen and oxygen atoms in total. The van der Waals surface area contributed by atoms with Gasteiger partial charge in [-0.1, -0.05) is 58.5 Å². The molecule has 4 aliphatic heterocycles. The van der Waals surface area contributed by atoms with Crippen LogP contribution in [0.2, 0.25) is 20.1 Å². The van der Waals surface area contributed by atoms with Crippen molar-refractivity contribution >= 4 is 76.1 Å². The highest BCUT2D eigenvalue weighted by molar-refractivity contribution is 6.35. The van der Waals surface area contributed by atoms with E-state index in [0.29, 0.717) is 85.8 Å². The van der Waals surface area contributed by atoms with Crippen LogP contribution in [0.3, 0.4) is 0 Å². The van der Waals surface area contributed by atoms with Crippen molar-refractivity contribution in [2.24, 2.45) is 10.9 Å². The van der Waals surface area contributed by atoms with Gasteiger partial charge in [-0.25, -0.2) is 20.9 Å². The molecule has 0 spiro atoms. The van der Waals surface area contributed by atoms with Crippen LogP contribution in [0.15, 0.2) is 114 Å². The molecule has 5 aromatic carbocycles. The number of aromatic hydroxyl groups is 1. The molecule has 5 N–H and O–H groups in total. The molecule has 21 heteroatoms. The minimum atomic E-state index is -0.961. The van der Waals surface area contributed by atoms with E-state index in [2.05, 4.69) is 25.8 Å². The minimum absolute atomic E-state index is 0.180. The number of ether oxygens (including phenoxy) is 6. The smallest absolute Gasteiger partial charge is 0.337 e. The highest BCUT2D eigenvalue weighted by Gasteiger charge is 2.42. The number of hydrazine groups is 1. The third-order valence-electron chi connectivity index (χ3n) is 12.5. The Morgan fingerprint density at radius 3 is 1.50 bits per heavy atom. The number of hydrogen-bond donors (Lipinski definition) is 4. The molecule has 0 aromatic heterocycles. The van der Waals surface area contributed by atoms with Crippen molar-refractivity contribution in [1.29, 1.82) is 0 Å². The van der Waals surface area contributed by atoms with Gasteiger partial charge < -0.3 is 53.1 Å². The molecule has 72 heavy (non-hydrogen) atoms. The average Bonchev–Trinajstić information content (AvgIpc) is 3.98. The Balaban J connectivity index is 0.000000197. The first-order valence-electron chi connectivity index (χ1n) is 23.3. The summed E-state index contributed by atoms with van der Waals surface area (Å²) in [7, 11) is 0. The SMILES string of the molecule is C[C@]1(c2ccc(Cl)cc2Cl)OCC(COc2ccc(N3CCN(C(=O)N/N=C/c4ccc(O)cc4)CC3)cc2)O1.C[C@]1(c2ccc(Cl)cc2Cl)OCC(COc2ccc(N3CCN(C(=O)NN)CC3)cc2)O1. The first kappa shape index (κ1) is 52.6. The van der Waals surface area contributed by atoms with Crippen LogP contribution in [-0.4, -0.2) is 124 Å². The van der Waals surface area contributed by atoms with E-state index in [4.69, 9.17) is 80.7 Å². The normalized spacial score (nSPS) is 22.1. The second-order valence-corrected chi connectivity index (χ2v) is 19.2. The maximum atomic E-state index is 12.5. The maximum Gasteiger partial charge on any atom is 0.337 e. The van der Waals surface area contributed by atoms with Crippen LogP contribution in [0, 0.1) is 0 Å². The number of benzene rings is 5. The van der Waals surface area contributed by atoms with Crippen LogP contribution >= 0.6 is 46.4 Å². The number of nitrogens with one attached hydrogen (secondary N) is 2. The van der Waals surface area contributed by atoms with Crippen LogP contribution in [-0.2, 0) is 30.5 Å². The summed E-state index contributed by atoms with van der Waals surface area (Å²) >= 11 is 24.7. The largest absolute Gasteiger partial charge is 0.508 e. The van der Waals surface area contributed by atoms with E-state index >= 15 is 0 Å². The number of halogens is 4. The lowest BCUT2D eigenvalue weighted by molar-refractivity contribution is -0.164. The Bertz CT molecular complexity index is 2660. The van der Waals surface area contributed by atoms with E-state index < -0.39 is 11.6 Å². The number of hydrogen-bond acceptors (Lipinski definition) is 13. The zero-order chi connectivity index (χ0) is 50.8. The van der Waals surface area contributed by atoms with Crippen LogP contribution < -0.4 is 36.0 Å². The summed E-state index contributed by atoms with van der Waals surface area (Å²) in [6.07, 6.45) is 1.06. The zero-order valence-electron chi connectivity index (χ0n) is 39.6. The molecule has 4 saturated heterocycles. The molecule has 9 rings (SSSR count). The molecular weight excluding hydrogens is 1010 g/mol. The van der Waals surface area contributed by atoms with Crippen molar-refractivity contribution in [3.8, 4) is 17.2 Å². The quantitative estimate of drug-likeness (QED) is 0.0405. The van der Waals surface area contributed by atoms with Gasteiger partial charge in [0.2, 0.25) is 0 Å².